The van der Waals surface area contributed by atoms with Gasteiger partial charge in [-0.1, -0.05) is 194 Å². The molecular weight excluding hydrogens is 793 g/mol. The van der Waals surface area contributed by atoms with E-state index in [2.05, 4.69) is 130 Å². The van der Waals surface area contributed by atoms with Crippen LogP contribution < -0.4 is 0 Å². The second-order valence-corrected chi connectivity index (χ2v) is 16.7. The van der Waals surface area contributed by atoms with Crippen LogP contribution in [-0.2, 0) is 28.6 Å². The molecule has 0 amide bonds. The molecule has 0 aliphatic rings. The first-order chi connectivity index (χ1) is 31.5. The lowest BCUT2D eigenvalue weighted by atomic mass is 10.1. The molecule has 0 saturated carbocycles. The van der Waals surface area contributed by atoms with Gasteiger partial charge in [-0.15, -0.1) is 0 Å². The standard InChI is InChI=1S/C58H94O6/c1-4-7-10-13-16-19-22-25-28-29-31-33-36-39-42-45-48-51-57(60)63-54-55(53-62-56(59)50-47-44-41-38-35-32-27-24-21-18-15-12-9-6-3)64-58(61)52-49-46-43-40-37-34-30-26-23-20-17-14-11-8-5-2/h9,12,16-21,23,25-28,31-33,39,42,55H,4-8,10-11,13-15,22,24,29-30,34-38,40-41,43-54H2,1-3H3/b12-9-,19-16-,20-17-,21-18-,26-23-,28-25-,32-27-,33-31-,42-39-. The van der Waals surface area contributed by atoms with E-state index < -0.39 is 6.10 Å². The first-order valence-electron chi connectivity index (χ1n) is 25.9. The number of carbonyl (C=O) groups is 3. The normalized spacial score (nSPS) is 13.0. The summed E-state index contributed by atoms with van der Waals surface area (Å²) in [6, 6.07) is 0. The molecule has 0 fully saturated rings. The molecule has 0 spiro atoms. The molecule has 0 saturated heterocycles. The third-order valence-corrected chi connectivity index (χ3v) is 10.5. The van der Waals surface area contributed by atoms with E-state index in [-0.39, 0.29) is 37.5 Å². The molecule has 64 heavy (non-hydrogen) atoms. The molecule has 362 valence electrons. The van der Waals surface area contributed by atoms with Crippen LogP contribution in [0.2, 0.25) is 0 Å². The van der Waals surface area contributed by atoms with Crippen molar-refractivity contribution in [3.8, 4) is 0 Å². The van der Waals surface area contributed by atoms with Gasteiger partial charge in [0, 0.05) is 19.3 Å². The maximum atomic E-state index is 12.8. The van der Waals surface area contributed by atoms with Gasteiger partial charge in [0.25, 0.3) is 0 Å². The van der Waals surface area contributed by atoms with Crippen molar-refractivity contribution < 1.29 is 28.6 Å². The summed E-state index contributed by atoms with van der Waals surface area (Å²) >= 11 is 0. The van der Waals surface area contributed by atoms with Crippen LogP contribution in [0.15, 0.2) is 109 Å². The molecule has 0 aromatic rings. The topological polar surface area (TPSA) is 78.9 Å². The predicted octanol–water partition coefficient (Wildman–Crippen LogP) is 17.1. The lowest BCUT2D eigenvalue weighted by Crippen LogP contribution is -2.30. The highest BCUT2D eigenvalue weighted by Crippen LogP contribution is 2.12. The van der Waals surface area contributed by atoms with Crippen molar-refractivity contribution in [3.05, 3.63) is 109 Å². The van der Waals surface area contributed by atoms with Crippen molar-refractivity contribution in [1.29, 1.82) is 0 Å². The number of hydrogen-bond donors (Lipinski definition) is 0. The van der Waals surface area contributed by atoms with Crippen LogP contribution in [0.4, 0.5) is 0 Å². The van der Waals surface area contributed by atoms with E-state index in [0.29, 0.717) is 19.3 Å². The van der Waals surface area contributed by atoms with Crippen LogP contribution in [0.1, 0.15) is 220 Å². The molecule has 0 aromatic heterocycles. The van der Waals surface area contributed by atoms with Gasteiger partial charge in [0.05, 0.1) is 0 Å². The maximum Gasteiger partial charge on any atom is 0.306 e. The van der Waals surface area contributed by atoms with Crippen LogP contribution in [0, 0.1) is 0 Å². The fourth-order valence-electron chi connectivity index (χ4n) is 6.61. The second-order valence-electron chi connectivity index (χ2n) is 16.7. The van der Waals surface area contributed by atoms with Gasteiger partial charge >= 0.3 is 17.9 Å². The predicted molar refractivity (Wildman–Crippen MR) is 274 cm³/mol. The molecule has 0 aromatic carbocycles. The van der Waals surface area contributed by atoms with E-state index in [1.54, 1.807) is 0 Å². The summed E-state index contributed by atoms with van der Waals surface area (Å²) in [6.45, 7) is 6.37. The fraction of sp³-hybridized carbons (Fsp3) is 0.638. The maximum absolute atomic E-state index is 12.8. The Morgan fingerprint density at radius 1 is 0.344 bits per heavy atom. The summed E-state index contributed by atoms with van der Waals surface area (Å²) in [6.07, 6.45) is 69.3. The summed E-state index contributed by atoms with van der Waals surface area (Å²) in [5.41, 5.74) is 0. The Kier molecular flexibility index (Phi) is 48.5. The molecule has 0 N–H and O–H groups in total. The molecule has 1 atom stereocenters. The van der Waals surface area contributed by atoms with Crippen molar-refractivity contribution in [2.24, 2.45) is 0 Å². The van der Waals surface area contributed by atoms with Crippen molar-refractivity contribution in [2.45, 2.75) is 226 Å². The Morgan fingerprint density at radius 2 is 0.672 bits per heavy atom. The van der Waals surface area contributed by atoms with Crippen LogP contribution in [-0.4, -0.2) is 37.2 Å². The monoisotopic (exact) mass is 887 g/mol. The van der Waals surface area contributed by atoms with Gasteiger partial charge in [0.15, 0.2) is 6.10 Å². The van der Waals surface area contributed by atoms with Gasteiger partial charge in [0.1, 0.15) is 13.2 Å². The van der Waals surface area contributed by atoms with E-state index >= 15 is 0 Å². The van der Waals surface area contributed by atoms with Gasteiger partial charge in [-0.05, 0) is 116 Å². The van der Waals surface area contributed by atoms with Gasteiger partial charge < -0.3 is 14.2 Å². The lowest BCUT2D eigenvalue weighted by Gasteiger charge is -2.18. The Balaban J connectivity index is 4.55. The average molecular weight is 887 g/mol. The van der Waals surface area contributed by atoms with E-state index in [1.807, 2.05) is 0 Å². The zero-order chi connectivity index (χ0) is 46.5. The molecular formula is C58H94O6. The number of hydrogen-bond acceptors (Lipinski definition) is 6. The highest BCUT2D eigenvalue weighted by Gasteiger charge is 2.19. The van der Waals surface area contributed by atoms with Gasteiger partial charge in [-0.2, -0.15) is 0 Å². The van der Waals surface area contributed by atoms with Gasteiger partial charge in [-0.3, -0.25) is 14.4 Å². The van der Waals surface area contributed by atoms with E-state index in [0.717, 1.165) is 116 Å². The first kappa shape index (κ1) is 60.1. The molecule has 6 heteroatoms. The van der Waals surface area contributed by atoms with Crippen LogP contribution in [0.25, 0.3) is 0 Å². The highest BCUT2D eigenvalue weighted by atomic mass is 16.6. The molecule has 0 bridgehead atoms. The second kappa shape index (κ2) is 51.7. The molecule has 0 radical (unpaired) electrons. The fourth-order valence-corrected chi connectivity index (χ4v) is 6.61. The minimum Gasteiger partial charge on any atom is -0.462 e. The van der Waals surface area contributed by atoms with Gasteiger partial charge in [-0.25, -0.2) is 0 Å². The molecule has 0 heterocycles. The molecule has 0 aliphatic carbocycles. The van der Waals surface area contributed by atoms with E-state index in [9.17, 15) is 14.4 Å². The largest absolute Gasteiger partial charge is 0.462 e. The summed E-state index contributed by atoms with van der Waals surface area (Å²) in [4.78, 5) is 38.0. The van der Waals surface area contributed by atoms with Crippen molar-refractivity contribution in [3.63, 3.8) is 0 Å². The molecule has 1 unspecified atom stereocenters. The quantitative estimate of drug-likeness (QED) is 0.0199. The number of carbonyl (C=O) groups excluding carboxylic acids is 3. The number of unbranched alkanes of at least 4 members (excludes halogenated alkanes) is 17. The third kappa shape index (κ3) is 49.1. The lowest BCUT2D eigenvalue weighted by molar-refractivity contribution is -0.167. The van der Waals surface area contributed by atoms with Crippen molar-refractivity contribution in [1.82, 2.24) is 0 Å². The number of rotatable bonds is 45. The van der Waals surface area contributed by atoms with Crippen LogP contribution in [0.3, 0.4) is 0 Å². The minimum absolute atomic E-state index is 0.114. The average Bonchev–Trinajstić information content (AvgIpc) is 3.29. The molecule has 0 aliphatic heterocycles. The third-order valence-electron chi connectivity index (χ3n) is 10.5. The SMILES string of the molecule is CC/C=C\C/C=C\C/C=C\CCCCCCC(=O)OCC(COC(=O)CCC/C=C\C/C=C\C/C=C\C/C=C\CCCCC)OC(=O)CCCCCCCC/C=C\C=C/CCCCC. The summed E-state index contributed by atoms with van der Waals surface area (Å²) < 4.78 is 16.7. The molecule has 0 rings (SSSR count). The van der Waals surface area contributed by atoms with E-state index in [1.165, 1.54) is 57.8 Å². The number of esters is 3. The summed E-state index contributed by atoms with van der Waals surface area (Å²) in [7, 11) is 0. The summed E-state index contributed by atoms with van der Waals surface area (Å²) in [5.74, 6) is -1.01. The van der Waals surface area contributed by atoms with Gasteiger partial charge in [0.2, 0.25) is 0 Å². The van der Waals surface area contributed by atoms with E-state index in [4.69, 9.17) is 14.2 Å². The summed E-state index contributed by atoms with van der Waals surface area (Å²) in [5, 5.41) is 0. The highest BCUT2D eigenvalue weighted by molar-refractivity contribution is 5.71. The Hall–Kier alpha value is -3.93. The smallest absolute Gasteiger partial charge is 0.306 e. The first-order valence-corrected chi connectivity index (χ1v) is 25.9. The molecule has 6 nitrogen and oxygen atoms in total. The van der Waals surface area contributed by atoms with Crippen molar-refractivity contribution >= 4 is 17.9 Å². The zero-order valence-corrected chi connectivity index (χ0v) is 41.3. The van der Waals surface area contributed by atoms with Crippen LogP contribution in [0.5, 0.6) is 0 Å². The zero-order valence-electron chi connectivity index (χ0n) is 41.3. The Labute approximate surface area is 393 Å². The van der Waals surface area contributed by atoms with Crippen LogP contribution >= 0.6 is 0 Å². The minimum atomic E-state index is -0.817. The Bertz CT molecular complexity index is 1340. The number of ether oxygens (including phenoxy) is 3. The Morgan fingerprint density at radius 3 is 1.11 bits per heavy atom. The van der Waals surface area contributed by atoms with Crippen molar-refractivity contribution in [2.75, 3.05) is 13.2 Å². The number of allylic oxidation sites excluding steroid dienone is 18.